The van der Waals surface area contributed by atoms with Crippen LogP contribution in [0.15, 0.2) is 35.5 Å². The topological polar surface area (TPSA) is 94.5 Å². The number of aromatic amines is 1. The molecule has 1 aromatic heterocycles. The predicted octanol–water partition coefficient (Wildman–Crippen LogP) is 3.01. The van der Waals surface area contributed by atoms with Gasteiger partial charge in [-0.25, -0.2) is 4.98 Å². The minimum Gasteiger partial charge on any atom is -0.337 e. The molecule has 0 bridgehead atoms. The molecule has 2 atom stereocenters. The third-order valence-corrected chi connectivity index (χ3v) is 4.89. The lowest BCUT2D eigenvalue weighted by Gasteiger charge is -2.28. The van der Waals surface area contributed by atoms with Crippen molar-refractivity contribution in [3.8, 4) is 17.5 Å². The first-order chi connectivity index (χ1) is 11.4. The van der Waals surface area contributed by atoms with Gasteiger partial charge in [-0.2, -0.15) is 5.26 Å². The highest BCUT2D eigenvalue weighted by molar-refractivity contribution is 8.00. The highest BCUT2D eigenvalue weighted by Crippen LogP contribution is 2.24. The number of aromatic nitrogens is 3. The van der Waals surface area contributed by atoms with E-state index in [2.05, 4.69) is 26.6 Å². The van der Waals surface area contributed by atoms with Crippen LogP contribution in [-0.2, 0) is 4.79 Å². The van der Waals surface area contributed by atoms with Crippen LogP contribution in [0.5, 0.6) is 0 Å². The summed E-state index contributed by atoms with van der Waals surface area (Å²) < 4.78 is 0. The lowest BCUT2D eigenvalue weighted by atomic mass is 9.90. The Hall–Kier alpha value is -2.33. The summed E-state index contributed by atoms with van der Waals surface area (Å²) in [4.78, 5) is 16.8. The Bertz CT molecular complexity index is 737. The molecule has 126 valence electrons. The van der Waals surface area contributed by atoms with Gasteiger partial charge in [0.2, 0.25) is 11.1 Å². The zero-order valence-electron chi connectivity index (χ0n) is 14.2. The average Bonchev–Trinajstić information content (AvgIpc) is 3.03. The van der Waals surface area contributed by atoms with Gasteiger partial charge in [-0.15, -0.1) is 5.10 Å². The maximum absolute atomic E-state index is 12.4. The van der Waals surface area contributed by atoms with Gasteiger partial charge < -0.3 is 5.32 Å². The highest BCUT2D eigenvalue weighted by atomic mass is 32.2. The summed E-state index contributed by atoms with van der Waals surface area (Å²) in [5.41, 5.74) is 0.0472. The number of H-pyrrole nitrogens is 1. The molecule has 7 heteroatoms. The predicted molar refractivity (Wildman–Crippen MR) is 94.1 cm³/mol. The zero-order chi connectivity index (χ0) is 17.7. The van der Waals surface area contributed by atoms with Crippen LogP contribution in [-0.4, -0.2) is 31.9 Å². The molecule has 0 spiro atoms. The second kappa shape index (κ2) is 7.49. The van der Waals surface area contributed by atoms with E-state index in [4.69, 9.17) is 0 Å². The number of thioether (sulfide) groups is 1. The first-order valence-electron chi connectivity index (χ1n) is 7.73. The molecule has 2 rings (SSSR count). The van der Waals surface area contributed by atoms with Gasteiger partial charge in [0.05, 0.1) is 11.3 Å². The van der Waals surface area contributed by atoms with Crippen molar-refractivity contribution in [2.24, 2.45) is 5.92 Å². The van der Waals surface area contributed by atoms with Crippen LogP contribution in [0.2, 0.25) is 0 Å². The van der Waals surface area contributed by atoms with Crippen LogP contribution in [0.1, 0.15) is 27.7 Å². The van der Waals surface area contributed by atoms with E-state index in [0.29, 0.717) is 11.0 Å². The summed E-state index contributed by atoms with van der Waals surface area (Å²) in [6, 6.07) is 11.8. The fourth-order valence-electron chi connectivity index (χ4n) is 1.89. The van der Waals surface area contributed by atoms with Crippen LogP contribution >= 0.6 is 11.8 Å². The fourth-order valence-corrected chi connectivity index (χ4v) is 2.62. The molecular weight excluding hydrogens is 322 g/mol. The molecule has 1 aromatic carbocycles. The van der Waals surface area contributed by atoms with Crippen LogP contribution in [0.3, 0.4) is 0 Å². The van der Waals surface area contributed by atoms with Crippen molar-refractivity contribution in [1.29, 1.82) is 5.26 Å². The molecule has 0 fully saturated rings. The molecule has 6 nitrogen and oxygen atoms in total. The number of carbonyl (C=O) groups is 1. The van der Waals surface area contributed by atoms with Gasteiger partial charge in [-0.1, -0.05) is 55.9 Å². The second-order valence-electron chi connectivity index (χ2n) is 6.05. The van der Waals surface area contributed by atoms with E-state index >= 15 is 0 Å². The molecule has 2 aromatic rings. The number of nitrogens with zero attached hydrogens (tertiary/aromatic N) is 3. The minimum absolute atomic E-state index is 0.0110. The number of rotatable bonds is 6. The van der Waals surface area contributed by atoms with E-state index < -0.39 is 10.8 Å². The highest BCUT2D eigenvalue weighted by Gasteiger charge is 2.32. The number of amides is 1. The summed E-state index contributed by atoms with van der Waals surface area (Å²) in [5.74, 6) is 0.468. The van der Waals surface area contributed by atoms with Crippen LogP contribution in [0.25, 0.3) is 11.4 Å². The quantitative estimate of drug-likeness (QED) is 0.786. The number of hydrogen-bond donors (Lipinski definition) is 2. The van der Waals surface area contributed by atoms with Gasteiger partial charge in [-0.05, 0) is 19.8 Å². The molecule has 0 aliphatic heterocycles. The van der Waals surface area contributed by atoms with Gasteiger partial charge >= 0.3 is 0 Å². The monoisotopic (exact) mass is 343 g/mol. The number of carbonyl (C=O) groups excluding carboxylic acids is 1. The van der Waals surface area contributed by atoms with Gasteiger partial charge in [0.15, 0.2) is 5.82 Å². The van der Waals surface area contributed by atoms with E-state index in [9.17, 15) is 10.1 Å². The Labute approximate surface area is 146 Å². The molecule has 0 unspecified atom stereocenters. The Morgan fingerprint density at radius 2 is 2.00 bits per heavy atom. The fraction of sp³-hybridized carbons (Fsp3) is 0.412. The molecule has 0 saturated carbocycles. The normalized spacial score (nSPS) is 14.7. The van der Waals surface area contributed by atoms with Crippen molar-refractivity contribution >= 4 is 17.7 Å². The molecule has 1 amide bonds. The Morgan fingerprint density at radius 1 is 1.33 bits per heavy atom. The number of nitrogens with one attached hydrogen (secondary N) is 2. The molecule has 1 heterocycles. The maximum Gasteiger partial charge on any atom is 0.234 e. The number of nitriles is 1. The molecule has 0 aliphatic carbocycles. The van der Waals surface area contributed by atoms with Crippen LogP contribution in [0.4, 0.5) is 0 Å². The smallest absolute Gasteiger partial charge is 0.234 e. The van der Waals surface area contributed by atoms with E-state index in [1.165, 1.54) is 11.8 Å². The van der Waals surface area contributed by atoms with Crippen molar-refractivity contribution in [3.63, 3.8) is 0 Å². The zero-order valence-corrected chi connectivity index (χ0v) is 15.0. The molecule has 0 radical (unpaired) electrons. The third kappa shape index (κ3) is 4.15. The number of benzene rings is 1. The standard InChI is InChI=1S/C17H21N5OS/c1-11(2)17(4,10-18)20-15(23)12(3)24-16-19-14(21-22-16)13-8-6-5-7-9-13/h5-9,11-12H,1-4H3,(H,20,23)(H,19,21,22)/t12-,17-/m0/s1. The molecule has 0 aliphatic rings. The van der Waals surface area contributed by atoms with E-state index in [-0.39, 0.29) is 11.8 Å². The van der Waals surface area contributed by atoms with E-state index in [1.807, 2.05) is 44.2 Å². The van der Waals surface area contributed by atoms with Crippen molar-refractivity contribution in [2.45, 2.75) is 43.6 Å². The maximum atomic E-state index is 12.4. The second-order valence-corrected chi connectivity index (χ2v) is 7.36. The summed E-state index contributed by atoms with van der Waals surface area (Å²) in [5, 5.41) is 19.2. The first-order valence-corrected chi connectivity index (χ1v) is 8.61. The van der Waals surface area contributed by atoms with Crippen LogP contribution in [0, 0.1) is 17.2 Å². The average molecular weight is 343 g/mol. The van der Waals surface area contributed by atoms with Crippen molar-refractivity contribution in [3.05, 3.63) is 30.3 Å². The largest absolute Gasteiger partial charge is 0.337 e. The lowest BCUT2D eigenvalue weighted by Crippen LogP contribution is -2.51. The first kappa shape index (κ1) is 18.0. The summed E-state index contributed by atoms with van der Waals surface area (Å²) in [6.07, 6.45) is 0. The molecule has 2 N–H and O–H groups in total. The molecular formula is C17H21N5OS. The van der Waals surface area contributed by atoms with Gasteiger partial charge in [-0.3, -0.25) is 9.89 Å². The minimum atomic E-state index is -0.889. The van der Waals surface area contributed by atoms with Gasteiger partial charge in [0, 0.05) is 5.56 Å². The lowest BCUT2D eigenvalue weighted by molar-refractivity contribution is -0.121. The van der Waals surface area contributed by atoms with Gasteiger partial charge in [0.1, 0.15) is 5.54 Å². The van der Waals surface area contributed by atoms with Crippen molar-refractivity contribution in [2.75, 3.05) is 0 Å². The van der Waals surface area contributed by atoms with Crippen LogP contribution < -0.4 is 5.32 Å². The Kier molecular flexibility index (Phi) is 5.62. The SMILES string of the molecule is CC(C)[C@](C)(C#N)NC(=O)[C@H](C)Sc1n[nH]c(-c2ccccc2)n1. The summed E-state index contributed by atoms with van der Waals surface area (Å²) >= 11 is 1.26. The Balaban J connectivity index is 2.02. The van der Waals surface area contributed by atoms with E-state index in [1.54, 1.807) is 13.8 Å². The van der Waals surface area contributed by atoms with Crippen molar-refractivity contribution in [1.82, 2.24) is 20.5 Å². The Morgan fingerprint density at radius 3 is 2.58 bits per heavy atom. The molecule has 0 saturated heterocycles. The van der Waals surface area contributed by atoms with Crippen molar-refractivity contribution < 1.29 is 4.79 Å². The molecule has 24 heavy (non-hydrogen) atoms. The van der Waals surface area contributed by atoms with Gasteiger partial charge in [0.25, 0.3) is 0 Å². The van der Waals surface area contributed by atoms with E-state index in [0.717, 1.165) is 5.56 Å². The number of hydrogen-bond acceptors (Lipinski definition) is 5. The third-order valence-electron chi connectivity index (χ3n) is 3.93. The summed E-state index contributed by atoms with van der Waals surface area (Å²) in [7, 11) is 0. The summed E-state index contributed by atoms with van der Waals surface area (Å²) in [6.45, 7) is 7.31.